The second-order valence-corrected chi connectivity index (χ2v) is 24.1. The van der Waals surface area contributed by atoms with Gasteiger partial charge in [-0.2, -0.15) is 58.9 Å². The van der Waals surface area contributed by atoms with E-state index in [0.29, 0.717) is 12.1 Å². The fourth-order valence-corrected chi connectivity index (χ4v) is 16.0. The average molecular weight is 1040 g/mol. The van der Waals surface area contributed by atoms with E-state index >= 15 is 0 Å². The van der Waals surface area contributed by atoms with Gasteiger partial charge in [0.1, 0.15) is 12.2 Å². The molecule has 2 aliphatic rings. The van der Waals surface area contributed by atoms with Gasteiger partial charge >= 0.3 is 56.6 Å². The number of carboxylic acids is 1. The van der Waals surface area contributed by atoms with Crippen molar-refractivity contribution in [2.24, 2.45) is 0 Å². The first kappa shape index (κ1) is 52.4. The van der Waals surface area contributed by atoms with Gasteiger partial charge in [0.25, 0.3) is 44.9 Å². The standard InChI is InChI=1S/C19H26O33S8/c20-9(21)5-3-1-2-4-6(5)53-13-17(27,58(42,43)44)18(28,59(45,46)47)14(24,7(52-13)10(22)54(30,31)32)12-16(26,57(39,40)41)19(29,60(48,49)50)15(25,56(36,37)38)8(51-12)11(23)55(33,34)35/h1-4,7-8,10-13,22-29H,(H,20,21)(H,30,31,32)(H,33,34,35)(H,36,37,38)(H,39,40,41)(H,42,43,44)(H,45,46,47)(H,48,49,50)/t7-,8-,10?,11?,12+,13+,14+,15+,16-,17-,18-,19-/m1/s1. The fourth-order valence-electron chi connectivity index (χ4n) is 6.17. The Kier molecular flexibility index (Phi) is 12.9. The van der Waals surface area contributed by atoms with Gasteiger partial charge in [-0.3, -0.25) is 31.9 Å². The lowest BCUT2D eigenvalue weighted by Gasteiger charge is -2.64. The van der Waals surface area contributed by atoms with Gasteiger partial charge in [0.2, 0.25) is 10.9 Å². The van der Waals surface area contributed by atoms with Crippen LogP contribution in [-0.4, -0.2) is 208 Å². The zero-order chi connectivity index (χ0) is 47.6. The molecule has 41 heteroatoms. The molecular formula is C19H26O33S8. The summed E-state index contributed by atoms with van der Waals surface area (Å²) < 4.78 is 257. The number of aliphatic hydroxyl groups excluding tert-OH is 2. The first-order valence-corrected chi connectivity index (χ1v) is 25.0. The maximum Gasteiger partial charge on any atom is 0.336 e. The molecular weight excluding hydrogens is 1010 g/mol. The van der Waals surface area contributed by atoms with Gasteiger partial charge in [0.05, 0.1) is 5.56 Å². The van der Waals surface area contributed by atoms with Gasteiger partial charge in [-0.15, -0.1) is 0 Å². The number of aromatic carboxylic acids is 1. The molecule has 12 atom stereocenters. The minimum atomic E-state index is -8.15. The first-order valence-electron chi connectivity index (χ1n) is 14.0. The summed E-state index contributed by atoms with van der Waals surface area (Å²) in [5.41, 5.74) is -21.2. The van der Waals surface area contributed by atoms with Crippen LogP contribution in [0.3, 0.4) is 0 Å². The normalized spacial score (nSPS) is 37.5. The SMILES string of the molecule is O=C(O)c1ccccc1S[C@@H]1O[C@H](C(O)S(=O)(=O)O)[C@](O)([C@@H]2O[C@H](C(O)S(=O)(=O)O)[C@](O)(S(=O)(=O)O)[C@@](O)(S(=O)(=O)O)[C@]2(O)S(=O)(=O)O)[C@@](O)(S(=O)(=O)O)[C@]1(O)S(=O)(=O)O. The molecule has 1 aromatic carbocycles. The molecule has 0 aromatic heterocycles. The van der Waals surface area contributed by atoms with E-state index in [-0.39, 0.29) is 0 Å². The zero-order valence-electron chi connectivity index (χ0n) is 27.6. The molecule has 3 rings (SSSR count). The van der Waals surface area contributed by atoms with Crippen LogP contribution in [0.5, 0.6) is 0 Å². The van der Waals surface area contributed by atoms with Crippen molar-refractivity contribution < 1.29 is 151 Å². The predicted molar refractivity (Wildman–Crippen MR) is 179 cm³/mol. The third kappa shape index (κ3) is 6.96. The summed E-state index contributed by atoms with van der Waals surface area (Å²) in [6.07, 6.45) is -15.6. The molecule has 2 aliphatic heterocycles. The van der Waals surface area contributed by atoms with E-state index in [9.17, 15) is 142 Å². The number of hydrogen-bond acceptors (Lipinski definition) is 26. The largest absolute Gasteiger partial charge is 0.478 e. The summed E-state index contributed by atoms with van der Waals surface area (Å²) in [6, 6.07) is 2.72. The molecule has 0 spiro atoms. The summed E-state index contributed by atoms with van der Waals surface area (Å²) in [6.45, 7) is 0. The second kappa shape index (κ2) is 14.8. The molecule has 33 nitrogen and oxygen atoms in total. The number of thioether (sulfide) groups is 1. The molecule has 0 saturated carbocycles. The van der Waals surface area contributed by atoms with E-state index in [1.165, 1.54) is 0 Å². The quantitative estimate of drug-likeness (QED) is 0.0816. The van der Waals surface area contributed by atoms with Crippen LogP contribution in [-0.2, 0) is 80.3 Å². The van der Waals surface area contributed by atoms with Gasteiger partial charge in [0, 0.05) is 4.90 Å². The molecule has 16 N–H and O–H groups in total. The van der Waals surface area contributed by atoms with Crippen LogP contribution >= 0.6 is 11.8 Å². The van der Waals surface area contributed by atoms with Crippen LogP contribution in [0.25, 0.3) is 0 Å². The molecule has 0 amide bonds. The second-order valence-electron chi connectivity index (χ2n) is 12.1. The van der Waals surface area contributed by atoms with Crippen molar-refractivity contribution in [2.45, 2.75) is 69.8 Å². The number of ether oxygens (including phenoxy) is 2. The lowest BCUT2D eigenvalue weighted by atomic mass is 9.73. The Hall–Kier alpha value is -1.99. The lowest BCUT2D eigenvalue weighted by Crippen LogP contribution is -2.95. The van der Waals surface area contributed by atoms with Crippen molar-refractivity contribution >= 4 is 88.6 Å². The Morgan fingerprint density at radius 3 is 1.28 bits per heavy atom. The van der Waals surface area contributed by atoms with Crippen LogP contribution in [0, 0.1) is 0 Å². The van der Waals surface area contributed by atoms with Crippen molar-refractivity contribution in [3.8, 4) is 0 Å². The molecule has 0 radical (unpaired) electrons. The van der Waals surface area contributed by atoms with E-state index in [1.54, 1.807) is 0 Å². The Labute approximate surface area is 337 Å². The van der Waals surface area contributed by atoms with Crippen molar-refractivity contribution in [1.29, 1.82) is 0 Å². The topological polar surface area (TPSA) is 598 Å². The van der Waals surface area contributed by atoms with E-state index in [1.807, 2.05) is 0 Å². The minimum Gasteiger partial charge on any atom is -0.478 e. The predicted octanol–water partition coefficient (Wildman–Crippen LogP) is -9.01. The van der Waals surface area contributed by atoms with Crippen LogP contribution in [0.1, 0.15) is 10.4 Å². The maximum absolute atomic E-state index is 13.3. The molecule has 2 fully saturated rings. The van der Waals surface area contributed by atoms with E-state index in [0.717, 1.165) is 12.1 Å². The molecule has 0 aliphatic carbocycles. The third-order valence-electron chi connectivity index (χ3n) is 8.85. The van der Waals surface area contributed by atoms with Crippen LogP contribution in [0.2, 0.25) is 0 Å². The van der Waals surface area contributed by atoms with E-state index < -0.39 is 164 Å². The van der Waals surface area contributed by atoms with Crippen LogP contribution in [0.4, 0.5) is 0 Å². The summed E-state index contributed by atoms with van der Waals surface area (Å²) >= 11 is -0.915. The highest BCUT2D eigenvalue weighted by molar-refractivity contribution is 8.01. The lowest BCUT2D eigenvalue weighted by molar-refractivity contribution is -0.375. The molecule has 60 heavy (non-hydrogen) atoms. The summed E-state index contributed by atoms with van der Waals surface area (Å²) in [4.78, 5) is -22.4. The summed E-state index contributed by atoms with van der Waals surface area (Å²) in [5.74, 6) is -2.09. The number of rotatable bonds is 13. The number of hydrogen-bond donors (Lipinski definition) is 16. The summed E-state index contributed by atoms with van der Waals surface area (Å²) in [7, 11) is -53.5. The smallest absolute Gasteiger partial charge is 0.336 e. The third-order valence-corrected chi connectivity index (χ3v) is 19.0. The molecule has 1 aromatic rings. The molecule has 2 saturated heterocycles. The number of carbonyl (C=O) groups is 1. The molecule has 2 heterocycles. The Morgan fingerprint density at radius 2 is 0.933 bits per heavy atom. The Balaban J connectivity index is 2.95. The number of benzene rings is 1. The Morgan fingerprint density at radius 1 is 0.550 bits per heavy atom. The highest BCUT2D eigenvalue weighted by Crippen LogP contribution is 2.62. The molecule has 0 bridgehead atoms. The van der Waals surface area contributed by atoms with Crippen molar-refractivity contribution in [3.63, 3.8) is 0 Å². The summed E-state index contributed by atoms with van der Waals surface area (Å²) in [5, 5.41) is 100. The van der Waals surface area contributed by atoms with Gasteiger partial charge in [0.15, 0.2) is 17.1 Å². The van der Waals surface area contributed by atoms with Crippen molar-refractivity contribution in [3.05, 3.63) is 29.8 Å². The molecule has 348 valence electrons. The van der Waals surface area contributed by atoms with E-state index in [4.69, 9.17) is 0 Å². The van der Waals surface area contributed by atoms with Crippen LogP contribution in [0.15, 0.2) is 29.2 Å². The van der Waals surface area contributed by atoms with Gasteiger partial charge in [-0.25, -0.2) is 4.79 Å². The van der Waals surface area contributed by atoms with Crippen molar-refractivity contribution in [1.82, 2.24) is 0 Å². The minimum absolute atomic E-state index is 0.508. The number of aliphatic hydroxyl groups is 8. The van der Waals surface area contributed by atoms with E-state index in [2.05, 4.69) is 9.47 Å². The highest BCUT2D eigenvalue weighted by atomic mass is 32.3. The van der Waals surface area contributed by atoms with Crippen molar-refractivity contribution in [2.75, 3.05) is 0 Å². The molecule has 2 unspecified atom stereocenters. The average Bonchev–Trinajstić information content (AvgIpc) is 3.03. The monoisotopic (exact) mass is 1040 g/mol. The van der Waals surface area contributed by atoms with Gasteiger partial charge in [-0.05, 0) is 12.1 Å². The number of carboxylic acid groups (broad SMARTS) is 1. The van der Waals surface area contributed by atoms with Crippen LogP contribution < -0.4 is 0 Å². The fraction of sp³-hybridized carbons (Fsp3) is 0.632. The highest BCUT2D eigenvalue weighted by Gasteiger charge is 2.95. The van der Waals surface area contributed by atoms with Gasteiger partial charge < -0.3 is 55.4 Å². The maximum atomic E-state index is 13.3. The first-order chi connectivity index (χ1) is 26.2. The Bertz CT molecular complexity index is 2750. The van der Waals surface area contributed by atoms with Gasteiger partial charge in [-0.1, -0.05) is 23.9 Å². The zero-order valence-corrected chi connectivity index (χ0v) is 34.2.